The monoisotopic (exact) mass is 512 g/mol. The number of amides is 1. The van der Waals surface area contributed by atoms with Gasteiger partial charge in [0.15, 0.2) is 10.6 Å². The third-order valence-corrected chi connectivity index (χ3v) is 6.83. The van der Waals surface area contributed by atoms with Crippen molar-refractivity contribution >= 4 is 49.3 Å². The number of aryl methyl sites for hydroxylation is 1. The van der Waals surface area contributed by atoms with Gasteiger partial charge in [-0.3, -0.25) is 14.5 Å². The fourth-order valence-electron chi connectivity index (χ4n) is 3.94. The number of ether oxygens (including phenoxy) is 2. The van der Waals surface area contributed by atoms with Crippen LogP contribution in [0.3, 0.4) is 0 Å². The van der Waals surface area contributed by atoms with Gasteiger partial charge in [-0.05, 0) is 43.3 Å². The molecule has 0 radical (unpaired) electrons. The lowest BCUT2D eigenvalue weighted by Crippen LogP contribution is -2.29. The SMILES string of the molecule is COc1ccc(OC)c([C@H]2c3c(oc4ccc(Br)cc4c3=O)C(=O)N2c2nc(C)cs2)c1. The van der Waals surface area contributed by atoms with Gasteiger partial charge >= 0.3 is 0 Å². The van der Waals surface area contributed by atoms with E-state index in [0.717, 1.165) is 10.2 Å². The van der Waals surface area contributed by atoms with Crippen LogP contribution in [-0.2, 0) is 0 Å². The zero-order valence-electron chi connectivity index (χ0n) is 17.3. The van der Waals surface area contributed by atoms with Crippen LogP contribution in [0.4, 0.5) is 5.13 Å². The van der Waals surface area contributed by atoms with Gasteiger partial charge in [0.1, 0.15) is 23.1 Å². The predicted molar refractivity (Wildman–Crippen MR) is 125 cm³/mol. The van der Waals surface area contributed by atoms with Gasteiger partial charge in [0.2, 0.25) is 5.76 Å². The molecule has 2 aromatic carbocycles. The molecule has 0 N–H and O–H groups in total. The number of methoxy groups -OCH3 is 2. The number of carbonyl (C=O) groups is 1. The van der Waals surface area contributed by atoms with Gasteiger partial charge < -0.3 is 13.9 Å². The number of rotatable bonds is 4. The van der Waals surface area contributed by atoms with Gasteiger partial charge in [-0.15, -0.1) is 11.3 Å². The first kappa shape index (κ1) is 20.7. The molecule has 0 saturated heterocycles. The van der Waals surface area contributed by atoms with Crippen molar-refractivity contribution in [2.45, 2.75) is 13.0 Å². The summed E-state index contributed by atoms with van der Waals surface area (Å²) in [7, 11) is 3.10. The first-order chi connectivity index (χ1) is 15.4. The normalized spacial score (nSPS) is 15.3. The van der Waals surface area contributed by atoms with E-state index in [1.54, 1.807) is 50.6 Å². The highest BCUT2D eigenvalue weighted by atomic mass is 79.9. The highest BCUT2D eigenvalue weighted by molar-refractivity contribution is 9.10. The molecule has 7 nitrogen and oxygen atoms in total. The van der Waals surface area contributed by atoms with Gasteiger partial charge in [0, 0.05) is 15.4 Å². The molecule has 0 fully saturated rings. The molecule has 1 aliphatic rings. The number of hydrogen-bond donors (Lipinski definition) is 0. The molecule has 1 atom stereocenters. The van der Waals surface area contributed by atoms with Crippen LogP contribution >= 0.6 is 27.3 Å². The summed E-state index contributed by atoms with van der Waals surface area (Å²) in [6.45, 7) is 1.85. The van der Waals surface area contributed by atoms with Crippen molar-refractivity contribution in [1.82, 2.24) is 4.98 Å². The molecular weight excluding hydrogens is 496 g/mol. The number of nitrogens with zero attached hydrogens (tertiary/aromatic N) is 2. The molecule has 0 unspecified atom stereocenters. The van der Waals surface area contributed by atoms with Crippen LogP contribution in [0.5, 0.6) is 11.5 Å². The average Bonchev–Trinajstić information content (AvgIpc) is 3.34. The van der Waals surface area contributed by atoms with Gasteiger partial charge in [-0.25, -0.2) is 4.98 Å². The van der Waals surface area contributed by atoms with Crippen LogP contribution in [0.1, 0.15) is 33.4 Å². The first-order valence-corrected chi connectivity index (χ1v) is 11.3. The van der Waals surface area contributed by atoms with Gasteiger partial charge in [-0.2, -0.15) is 0 Å². The first-order valence-electron chi connectivity index (χ1n) is 9.66. The minimum absolute atomic E-state index is 0.00699. The summed E-state index contributed by atoms with van der Waals surface area (Å²) in [6.07, 6.45) is 0. The number of thiazole rings is 1. The predicted octanol–water partition coefficient (Wildman–Crippen LogP) is 5.09. The topological polar surface area (TPSA) is 81.9 Å². The Hall–Kier alpha value is -3.17. The molecule has 3 heterocycles. The molecule has 1 aliphatic heterocycles. The van der Waals surface area contributed by atoms with Crippen molar-refractivity contribution in [2.75, 3.05) is 19.1 Å². The number of benzene rings is 2. The van der Waals surface area contributed by atoms with E-state index in [9.17, 15) is 9.59 Å². The summed E-state index contributed by atoms with van der Waals surface area (Å²) >= 11 is 4.74. The maximum atomic E-state index is 13.7. The van der Waals surface area contributed by atoms with Gasteiger partial charge in [-0.1, -0.05) is 15.9 Å². The molecule has 2 aromatic heterocycles. The number of carbonyl (C=O) groups excluding carboxylic acids is 1. The maximum absolute atomic E-state index is 13.7. The maximum Gasteiger partial charge on any atom is 0.297 e. The highest BCUT2D eigenvalue weighted by Crippen LogP contribution is 2.45. The largest absolute Gasteiger partial charge is 0.497 e. The van der Waals surface area contributed by atoms with Crippen LogP contribution in [0.15, 0.2) is 55.5 Å². The number of anilines is 1. The van der Waals surface area contributed by atoms with E-state index in [1.807, 2.05) is 12.3 Å². The number of aromatic nitrogens is 1. The van der Waals surface area contributed by atoms with E-state index in [-0.39, 0.29) is 16.8 Å². The van der Waals surface area contributed by atoms with Crippen molar-refractivity contribution in [3.8, 4) is 11.5 Å². The minimum Gasteiger partial charge on any atom is -0.497 e. The highest BCUT2D eigenvalue weighted by Gasteiger charge is 2.46. The summed E-state index contributed by atoms with van der Waals surface area (Å²) in [4.78, 5) is 33.3. The number of fused-ring (bicyclic) bond motifs is 2. The van der Waals surface area contributed by atoms with E-state index >= 15 is 0 Å². The molecule has 162 valence electrons. The molecule has 32 heavy (non-hydrogen) atoms. The van der Waals surface area contributed by atoms with Crippen LogP contribution < -0.4 is 19.8 Å². The Labute approximate surface area is 195 Å². The molecule has 0 saturated carbocycles. The fraction of sp³-hybridized carbons (Fsp3) is 0.174. The average molecular weight is 513 g/mol. The van der Waals surface area contributed by atoms with E-state index in [1.165, 1.54) is 16.2 Å². The number of hydrogen-bond acceptors (Lipinski definition) is 7. The summed E-state index contributed by atoms with van der Waals surface area (Å²) in [5.41, 5.74) is 1.70. The van der Waals surface area contributed by atoms with Crippen molar-refractivity contribution in [2.24, 2.45) is 0 Å². The van der Waals surface area contributed by atoms with Crippen LogP contribution in [0.25, 0.3) is 11.0 Å². The Morgan fingerprint density at radius 3 is 2.62 bits per heavy atom. The second-order valence-corrected chi connectivity index (χ2v) is 9.02. The Morgan fingerprint density at radius 2 is 1.94 bits per heavy atom. The Bertz CT molecular complexity index is 1440. The number of halogens is 1. The lowest BCUT2D eigenvalue weighted by molar-refractivity contribution is 0.0970. The Morgan fingerprint density at radius 1 is 1.12 bits per heavy atom. The molecule has 0 bridgehead atoms. The molecule has 4 aromatic rings. The second kappa shape index (κ2) is 7.75. The van der Waals surface area contributed by atoms with Crippen LogP contribution in [-0.4, -0.2) is 25.1 Å². The lowest BCUT2D eigenvalue weighted by atomic mass is 9.97. The zero-order chi connectivity index (χ0) is 22.6. The van der Waals surface area contributed by atoms with Crippen molar-refractivity contribution in [3.63, 3.8) is 0 Å². The van der Waals surface area contributed by atoms with Crippen molar-refractivity contribution in [3.05, 3.63) is 79.1 Å². The molecule has 5 rings (SSSR count). The molecule has 0 spiro atoms. The van der Waals surface area contributed by atoms with Gasteiger partial charge in [0.25, 0.3) is 5.91 Å². The van der Waals surface area contributed by atoms with Crippen molar-refractivity contribution in [1.29, 1.82) is 0 Å². The third kappa shape index (κ3) is 3.11. The summed E-state index contributed by atoms with van der Waals surface area (Å²) < 4.78 is 17.7. The molecule has 1 amide bonds. The molecule has 9 heteroatoms. The summed E-state index contributed by atoms with van der Waals surface area (Å²) in [5, 5.41) is 2.71. The van der Waals surface area contributed by atoms with Gasteiger partial charge in [0.05, 0.1) is 30.9 Å². The summed E-state index contributed by atoms with van der Waals surface area (Å²) in [6, 6.07) is 9.63. The van der Waals surface area contributed by atoms with Crippen LogP contribution in [0, 0.1) is 6.92 Å². The Balaban J connectivity index is 1.86. The van der Waals surface area contributed by atoms with E-state index in [4.69, 9.17) is 13.9 Å². The quantitative estimate of drug-likeness (QED) is 0.378. The van der Waals surface area contributed by atoms with Crippen molar-refractivity contribution < 1.29 is 18.7 Å². The molecule has 0 aliphatic carbocycles. The van der Waals surface area contributed by atoms with E-state index < -0.39 is 11.9 Å². The fourth-order valence-corrected chi connectivity index (χ4v) is 5.13. The third-order valence-electron chi connectivity index (χ3n) is 5.38. The second-order valence-electron chi connectivity index (χ2n) is 7.27. The zero-order valence-corrected chi connectivity index (χ0v) is 19.7. The minimum atomic E-state index is -0.785. The van der Waals surface area contributed by atoms with Crippen LogP contribution in [0.2, 0.25) is 0 Å². The smallest absolute Gasteiger partial charge is 0.297 e. The molecular formula is C23H17BrN2O5S. The lowest BCUT2D eigenvalue weighted by Gasteiger charge is -2.24. The summed E-state index contributed by atoms with van der Waals surface area (Å²) in [5.74, 6) is 0.673. The standard InChI is InChI=1S/C23H17BrN2O5S/c1-11-10-32-23(25-11)26-19(14-9-13(29-2)5-7-16(14)30-3)18-20(27)15-8-12(24)4-6-17(15)31-21(18)22(26)28/h4-10,19H,1-3H3/t19-/m0/s1. The van der Waals surface area contributed by atoms with E-state index in [0.29, 0.717) is 33.2 Å². The Kier molecular flexibility index (Phi) is 5.02. The van der Waals surface area contributed by atoms with E-state index in [2.05, 4.69) is 20.9 Å².